The second-order valence-electron chi connectivity index (χ2n) is 12.5. The molecule has 2 fully saturated rings. The van der Waals surface area contributed by atoms with Gasteiger partial charge in [-0.2, -0.15) is 9.94 Å². The highest BCUT2D eigenvalue weighted by molar-refractivity contribution is 6.33. The van der Waals surface area contributed by atoms with Gasteiger partial charge in [0.15, 0.2) is 12.1 Å². The van der Waals surface area contributed by atoms with E-state index in [4.69, 9.17) is 35.5 Å². The molecule has 3 N–H and O–H groups in total. The fourth-order valence-corrected chi connectivity index (χ4v) is 6.27. The molecule has 0 amide bonds. The third kappa shape index (κ3) is 10.2. The summed E-state index contributed by atoms with van der Waals surface area (Å²) in [5, 5.41) is 32.5. The van der Waals surface area contributed by atoms with E-state index in [1.807, 2.05) is 24.3 Å². The molecule has 0 unspecified atom stereocenters. The van der Waals surface area contributed by atoms with E-state index in [-0.39, 0.29) is 25.3 Å². The Morgan fingerprint density at radius 3 is 2.71 bits per heavy atom. The van der Waals surface area contributed by atoms with Gasteiger partial charge in [-0.3, -0.25) is 0 Å². The number of carbonyl (C=O) groups excluding carboxylic acids is 1. The molecule has 1 aliphatic heterocycles. The maximum atomic E-state index is 11.6. The SMILES string of the molecule is CCOC(=O)O[C@@H](C)n1nnnc1COC[C@H](C)NC1CCC(Nc2cc(-c3cccc(NCC4(C#N)CCOCC4)n3)c(Cl)cn2)CC1. The van der Waals surface area contributed by atoms with Crippen LogP contribution in [0.2, 0.25) is 5.02 Å². The van der Waals surface area contributed by atoms with Gasteiger partial charge in [0.2, 0.25) is 0 Å². The lowest BCUT2D eigenvalue weighted by atomic mass is 9.82. The fraction of sp³-hybridized carbons (Fsp3) is 0.606. The van der Waals surface area contributed by atoms with E-state index < -0.39 is 17.8 Å². The number of aromatic nitrogens is 6. The summed E-state index contributed by atoms with van der Waals surface area (Å²) in [5.74, 6) is 1.91. The molecule has 0 aromatic carbocycles. The molecule has 1 saturated carbocycles. The van der Waals surface area contributed by atoms with Crippen LogP contribution in [-0.2, 0) is 25.6 Å². The van der Waals surface area contributed by atoms with E-state index in [1.165, 1.54) is 4.68 Å². The number of tetrazole rings is 1. The van der Waals surface area contributed by atoms with Crippen LogP contribution in [0.4, 0.5) is 16.4 Å². The molecule has 16 heteroatoms. The fourth-order valence-electron chi connectivity index (χ4n) is 6.07. The topological polar surface area (TPSA) is 183 Å². The smallest absolute Gasteiger partial charge is 0.435 e. The van der Waals surface area contributed by atoms with Gasteiger partial charge in [0.25, 0.3) is 0 Å². The van der Waals surface area contributed by atoms with Gasteiger partial charge in [0, 0.05) is 49.6 Å². The first kappa shape index (κ1) is 36.2. The third-order valence-corrected chi connectivity index (χ3v) is 9.11. The van der Waals surface area contributed by atoms with Gasteiger partial charge in [-0.05, 0) is 87.9 Å². The molecule has 0 spiro atoms. The largest absolute Gasteiger partial charge is 0.510 e. The van der Waals surface area contributed by atoms with Gasteiger partial charge in [0.1, 0.15) is 18.2 Å². The summed E-state index contributed by atoms with van der Waals surface area (Å²) in [7, 11) is 0. The van der Waals surface area contributed by atoms with Crippen molar-refractivity contribution in [2.45, 2.75) is 90.3 Å². The molecule has 0 radical (unpaired) electrons. The number of ether oxygens (including phenoxy) is 4. The first-order valence-corrected chi connectivity index (χ1v) is 17.2. The van der Waals surface area contributed by atoms with E-state index in [1.54, 1.807) is 20.0 Å². The molecule has 2 aliphatic rings. The second-order valence-corrected chi connectivity index (χ2v) is 12.9. The van der Waals surface area contributed by atoms with E-state index in [0.717, 1.165) is 42.8 Å². The van der Waals surface area contributed by atoms with Crippen LogP contribution in [0, 0.1) is 16.7 Å². The molecule has 264 valence electrons. The van der Waals surface area contributed by atoms with Gasteiger partial charge < -0.3 is 34.9 Å². The lowest BCUT2D eigenvalue weighted by molar-refractivity contribution is -0.00389. The van der Waals surface area contributed by atoms with E-state index in [0.29, 0.717) is 61.9 Å². The van der Waals surface area contributed by atoms with Crippen LogP contribution < -0.4 is 16.0 Å². The molecule has 3 aromatic heterocycles. The van der Waals surface area contributed by atoms with Crippen LogP contribution in [0.3, 0.4) is 0 Å². The Morgan fingerprint density at radius 1 is 1.18 bits per heavy atom. The van der Waals surface area contributed by atoms with Crippen LogP contribution in [0.25, 0.3) is 11.3 Å². The van der Waals surface area contributed by atoms with Crippen molar-refractivity contribution < 1.29 is 23.7 Å². The van der Waals surface area contributed by atoms with Crippen molar-refractivity contribution in [1.82, 2.24) is 35.5 Å². The van der Waals surface area contributed by atoms with Crippen molar-refractivity contribution in [1.29, 1.82) is 5.26 Å². The van der Waals surface area contributed by atoms with Crippen molar-refractivity contribution in [3.8, 4) is 17.3 Å². The minimum atomic E-state index is -0.779. The van der Waals surface area contributed by atoms with Gasteiger partial charge in [-0.25, -0.2) is 14.8 Å². The molecule has 4 heterocycles. The number of nitriles is 1. The molecular weight excluding hydrogens is 652 g/mol. The normalized spacial score (nSPS) is 20.1. The van der Waals surface area contributed by atoms with Crippen molar-refractivity contribution in [3.05, 3.63) is 41.3 Å². The van der Waals surface area contributed by atoms with E-state index in [2.05, 4.69) is 49.5 Å². The van der Waals surface area contributed by atoms with Crippen LogP contribution in [0.15, 0.2) is 30.5 Å². The third-order valence-electron chi connectivity index (χ3n) is 8.81. The zero-order chi connectivity index (χ0) is 34.6. The Hall–Kier alpha value is -4.10. The molecule has 49 heavy (non-hydrogen) atoms. The summed E-state index contributed by atoms with van der Waals surface area (Å²) >= 11 is 6.59. The summed E-state index contributed by atoms with van der Waals surface area (Å²) in [5.41, 5.74) is 1.08. The maximum Gasteiger partial charge on any atom is 0.510 e. The average molecular weight is 697 g/mol. The summed E-state index contributed by atoms with van der Waals surface area (Å²) in [6.45, 7) is 8.02. The molecule has 5 rings (SSSR count). The standard InChI is InChI=1S/C33H45ClN10O5/c1-4-48-32(45)49-23(3)44-31(41-42-43-44)19-47-18-22(2)38-24-8-10-25(11-9-24)39-30-16-26(27(34)17-36-30)28-6-5-7-29(40-28)37-21-33(20-35)12-14-46-15-13-33/h5-7,16-17,22-25,38H,4,8-15,18-19,21H2,1-3H3,(H,36,39)(H,37,40)/t22-,23-,24?,25?/m0/s1. The minimum Gasteiger partial charge on any atom is -0.435 e. The number of halogens is 1. The Morgan fingerprint density at radius 2 is 1.96 bits per heavy atom. The molecule has 3 aromatic rings. The summed E-state index contributed by atoms with van der Waals surface area (Å²) < 4.78 is 22.7. The quantitative estimate of drug-likeness (QED) is 0.178. The van der Waals surface area contributed by atoms with Gasteiger partial charge in [-0.15, -0.1) is 5.10 Å². The van der Waals surface area contributed by atoms with Crippen LogP contribution in [-0.4, -0.2) is 87.4 Å². The van der Waals surface area contributed by atoms with E-state index in [9.17, 15) is 10.1 Å². The lowest BCUT2D eigenvalue weighted by Crippen LogP contribution is -2.43. The van der Waals surface area contributed by atoms with Gasteiger partial charge >= 0.3 is 6.16 Å². The van der Waals surface area contributed by atoms with Crippen molar-refractivity contribution in [3.63, 3.8) is 0 Å². The minimum absolute atomic E-state index is 0.118. The number of hydrogen-bond donors (Lipinski definition) is 3. The van der Waals surface area contributed by atoms with Crippen molar-refractivity contribution >= 4 is 29.4 Å². The highest BCUT2D eigenvalue weighted by Crippen LogP contribution is 2.32. The summed E-state index contributed by atoms with van der Waals surface area (Å²) in [4.78, 5) is 21.0. The Bertz CT molecular complexity index is 1550. The van der Waals surface area contributed by atoms with Crippen LogP contribution >= 0.6 is 11.6 Å². The molecule has 15 nitrogen and oxygen atoms in total. The number of rotatable bonds is 15. The van der Waals surface area contributed by atoms with E-state index >= 15 is 0 Å². The average Bonchev–Trinajstić information content (AvgIpc) is 3.58. The highest BCUT2D eigenvalue weighted by Gasteiger charge is 2.32. The van der Waals surface area contributed by atoms with Crippen molar-refractivity contribution in [2.75, 3.05) is 43.6 Å². The highest BCUT2D eigenvalue weighted by atomic mass is 35.5. The first-order valence-electron chi connectivity index (χ1n) is 16.8. The number of hydrogen-bond acceptors (Lipinski definition) is 14. The molecule has 1 aliphatic carbocycles. The number of anilines is 2. The number of nitrogens with one attached hydrogen (secondary N) is 3. The molecule has 2 atom stereocenters. The Labute approximate surface area is 291 Å². The zero-order valence-electron chi connectivity index (χ0n) is 28.2. The maximum absolute atomic E-state index is 11.6. The predicted octanol–water partition coefficient (Wildman–Crippen LogP) is 5.13. The molecule has 0 bridgehead atoms. The molecule has 1 saturated heterocycles. The van der Waals surface area contributed by atoms with Gasteiger partial charge in [0.05, 0.1) is 35.4 Å². The van der Waals surface area contributed by atoms with Crippen LogP contribution in [0.5, 0.6) is 0 Å². The molecular formula is C33H45ClN10O5. The zero-order valence-corrected chi connectivity index (χ0v) is 29.0. The Kier molecular flexibility index (Phi) is 12.9. The van der Waals surface area contributed by atoms with Crippen LogP contribution in [0.1, 0.15) is 71.3 Å². The summed E-state index contributed by atoms with van der Waals surface area (Å²) in [6.07, 6.45) is 5.56. The monoisotopic (exact) mass is 696 g/mol. The summed E-state index contributed by atoms with van der Waals surface area (Å²) in [6, 6.07) is 11.0. The first-order chi connectivity index (χ1) is 23.8. The Balaban J connectivity index is 1.06. The lowest BCUT2D eigenvalue weighted by Gasteiger charge is -2.32. The number of nitrogens with zero attached hydrogens (tertiary/aromatic N) is 7. The number of pyridine rings is 2. The van der Waals surface area contributed by atoms with Gasteiger partial charge in [-0.1, -0.05) is 17.7 Å². The second kappa shape index (κ2) is 17.5. The predicted molar refractivity (Wildman–Crippen MR) is 182 cm³/mol. The van der Waals surface area contributed by atoms with Crippen molar-refractivity contribution in [2.24, 2.45) is 5.41 Å². The number of carbonyl (C=O) groups is 1.